The van der Waals surface area contributed by atoms with Crippen molar-refractivity contribution in [2.24, 2.45) is 5.92 Å². The Morgan fingerprint density at radius 3 is 2.33 bits per heavy atom. The number of hydrogen-bond acceptors (Lipinski definition) is 4. The van der Waals surface area contributed by atoms with Gasteiger partial charge >= 0.3 is 5.97 Å². The molecule has 1 N–H and O–H groups in total. The van der Waals surface area contributed by atoms with Crippen LogP contribution in [0.1, 0.15) is 35.7 Å². The molecule has 1 fully saturated rings. The zero-order valence-corrected chi connectivity index (χ0v) is 15.7. The Labute approximate surface area is 160 Å². The van der Waals surface area contributed by atoms with E-state index in [-0.39, 0.29) is 17.8 Å². The molecule has 3 rings (SSSR count). The molecule has 1 aliphatic heterocycles. The molecule has 2 aromatic rings. The number of para-hydroxylation sites is 1. The molecule has 0 spiro atoms. The minimum Gasteiger partial charge on any atom is -0.466 e. The van der Waals surface area contributed by atoms with Crippen molar-refractivity contribution >= 4 is 17.6 Å². The van der Waals surface area contributed by atoms with Gasteiger partial charge < -0.3 is 10.1 Å². The van der Waals surface area contributed by atoms with Gasteiger partial charge in [-0.15, -0.1) is 0 Å². The number of carbonyl (C=O) groups is 2. The Balaban J connectivity index is 1.50. The van der Waals surface area contributed by atoms with Gasteiger partial charge in [-0.25, -0.2) is 0 Å². The number of piperidine rings is 1. The quantitative estimate of drug-likeness (QED) is 0.792. The van der Waals surface area contributed by atoms with E-state index in [0.717, 1.165) is 38.2 Å². The van der Waals surface area contributed by atoms with Crippen LogP contribution in [0.4, 0.5) is 5.69 Å². The van der Waals surface area contributed by atoms with E-state index in [1.54, 1.807) is 0 Å². The fourth-order valence-electron chi connectivity index (χ4n) is 3.33. The number of hydrogen-bond donors (Lipinski definition) is 1. The van der Waals surface area contributed by atoms with Crippen LogP contribution in [0.3, 0.4) is 0 Å². The summed E-state index contributed by atoms with van der Waals surface area (Å²) in [6.07, 6.45) is 1.69. The highest BCUT2D eigenvalue weighted by Crippen LogP contribution is 2.20. The predicted molar refractivity (Wildman–Crippen MR) is 105 cm³/mol. The first-order chi connectivity index (χ1) is 13.2. The average molecular weight is 366 g/mol. The number of benzene rings is 2. The molecule has 5 heteroatoms. The molecule has 0 aromatic heterocycles. The van der Waals surface area contributed by atoms with Gasteiger partial charge in [0.1, 0.15) is 0 Å². The van der Waals surface area contributed by atoms with Gasteiger partial charge in [-0.05, 0) is 62.7 Å². The fraction of sp³-hybridized carbons (Fsp3) is 0.364. The highest BCUT2D eigenvalue weighted by Gasteiger charge is 2.25. The van der Waals surface area contributed by atoms with Crippen molar-refractivity contribution in [2.45, 2.75) is 26.3 Å². The van der Waals surface area contributed by atoms with Gasteiger partial charge in [-0.2, -0.15) is 0 Å². The zero-order chi connectivity index (χ0) is 19.1. The van der Waals surface area contributed by atoms with Crippen molar-refractivity contribution in [3.05, 3.63) is 65.7 Å². The Morgan fingerprint density at radius 2 is 1.70 bits per heavy atom. The molecule has 1 amide bonds. The summed E-state index contributed by atoms with van der Waals surface area (Å²) in [6, 6.07) is 17.2. The first kappa shape index (κ1) is 19.1. The van der Waals surface area contributed by atoms with Gasteiger partial charge in [-0.3, -0.25) is 14.5 Å². The Kier molecular flexibility index (Phi) is 6.60. The smallest absolute Gasteiger partial charge is 0.309 e. The molecular weight excluding hydrogens is 340 g/mol. The number of likely N-dealkylation sites (tertiary alicyclic amines) is 1. The summed E-state index contributed by atoms with van der Waals surface area (Å²) < 4.78 is 5.12. The molecule has 0 saturated carbocycles. The third kappa shape index (κ3) is 5.41. The van der Waals surface area contributed by atoms with Crippen molar-refractivity contribution in [2.75, 3.05) is 25.0 Å². The van der Waals surface area contributed by atoms with Crippen molar-refractivity contribution in [3.63, 3.8) is 0 Å². The van der Waals surface area contributed by atoms with Gasteiger partial charge in [-0.1, -0.05) is 30.3 Å². The summed E-state index contributed by atoms with van der Waals surface area (Å²) in [5, 5.41) is 2.89. The molecule has 0 bridgehead atoms. The molecule has 0 radical (unpaired) electrons. The number of anilines is 1. The number of nitrogens with one attached hydrogen (secondary N) is 1. The average Bonchev–Trinajstić information content (AvgIpc) is 2.70. The highest BCUT2D eigenvalue weighted by atomic mass is 16.5. The van der Waals surface area contributed by atoms with Gasteiger partial charge in [0.25, 0.3) is 5.91 Å². The molecule has 2 aromatic carbocycles. The fourth-order valence-corrected chi connectivity index (χ4v) is 3.33. The lowest BCUT2D eigenvalue weighted by atomic mass is 9.96. The zero-order valence-electron chi connectivity index (χ0n) is 15.7. The van der Waals surface area contributed by atoms with Gasteiger partial charge in [0.15, 0.2) is 0 Å². The molecule has 1 aliphatic rings. The second kappa shape index (κ2) is 9.33. The topological polar surface area (TPSA) is 58.6 Å². The van der Waals surface area contributed by atoms with Gasteiger partial charge in [0.05, 0.1) is 12.5 Å². The van der Waals surface area contributed by atoms with E-state index in [2.05, 4.69) is 10.2 Å². The lowest BCUT2D eigenvalue weighted by molar-refractivity contribution is -0.149. The minimum atomic E-state index is -0.108. The van der Waals surface area contributed by atoms with E-state index in [0.29, 0.717) is 12.2 Å². The monoisotopic (exact) mass is 366 g/mol. The second-order valence-electron chi connectivity index (χ2n) is 6.82. The van der Waals surface area contributed by atoms with Crippen LogP contribution in [-0.4, -0.2) is 36.5 Å². The first-order valence-corrected chi connectivity index (χ1v) is 9.50. The van der Waals surface area contributed by atoms with Gasteiger partial charge in [0, 0.05) is 17.8 Å². The molecule has 1 heterocycles. The van der Waals surface area contributed by atoms with Crippen LogP contribution in [0.25, 0.3) is 0 Å². The maximum Gasteiger partial charge on any atom is 0.309 e. The maximum absolute atomic E-state index is 12.3. The molecular formula is C22H26N2O3. The van der Waals surface area contributed by atoms with Crippen molar-refractivity contribution in [1.29, 1.82) is 0 Å². The van der Waals surface area contributed by atoms with E-state index in [4.69, 9.17) is 4.74 Å². The number of nitrogens with zero attached hydrogens (tertiary/aromatic N) is 1. The van der Waals surface area contributed by atoms with Crippen LogP contribution in [0.5, 0.6) is 0 Å². The standard InChI is InChI=1S/C22H26N2O3/c1-2-27-22(26)19-12-14-24(15-13-19)16-17-8-10-18(11-9-17)21(25)23-20-6-4-3-5-7-20/h3-11,19H,2,12-16H2,1H3,(H,23,25). The molecule has 27 heavy (non-hydrogen) atoms. The largest absolute Gasteiger partial charge is 0.466 e. The number of rotatable bonds is 6. The van der Waals surface area contributed by atoms with Crippen LogP contribution in [-0.2, 0) is 16.1 Å². The number of ether oxygens (including phenoxy) is 1. The van der Waals surface area contributed by atoms with E-state index >= 15 is 0 Å². The number of esters is 1. The van der Waals surface area contributed by atoms with Gasteiger partial charge in [0.2, 0.25) is 0 Å². The molecule has 0 aliphatic carbocycles. The van der Waals surface area contributed by atoms with Crippen LogP contribution in [0.15, 0.2) is 54.6 Å². The molecule has 5 nitrogen and oxygen atoms in total. The highest BCUT2D eigenvalue weighted by molar-refractivity contribution is 6.04. The lowest BCUT2D eigenvalue weighted by Crippen LogP contribution is -2.36. The number of amides is 1. The minimum absolute atomic E-state index is 0.0326. The third-order valence-corrected chi connectivity index (χ3v) is 4.86. The normalized spacial score (nSPS) is 15.3. The molecule has 1 saturated heterocycles. The molecule has 142 valence electrons. The lowest BCUT2D eigenvalue weighted by Gasteiger charge is -2.30. The summed E-state index contributed by atoms with van der Waals surface area (Å²) in [6.45, 7) is 4.90. The summed E-state index contributed by atoms with van der Waals surface area (Å²) in [5.74, 6) is -0.140. The third-order valence-electron chi connectivity index (χ3n) is 4.86. The first-order valence-electron chi connectivity index (χ1n) is 9.50. The van der Waals surface area contributed by atoms with Crippen LogP contribution in [0, 0.1) is 5.92 Å². The summed E-state index contributed by atoms with van der Waals surface area (Å²) in [7, 11) is 0. The van der Waals surface area contributed by atoms with Crippen LogP contribution >= 0.6 is 0 Å². The molecule has 0 unspecified atom stereocenters. The molecule has 0 atom stereocenters. The summed E-state index contributed by atoms with van der Waals surface area (Å²) in [4.78, 5) is 26.5. The Hall–Kier alpha value is -2.66. The summed E-state index contributed by atoms with van der Waals surface area (Å²) >= 11 is 0. The number of carbonyl (C=O) groups excluding carboxylic acids is 2. The van der Waals surface area contributed by atoms with Crippen molar-refractivity contribution in [3.8, 4) is 0 Å². The van der Waals surface area contributed by atoms with Crippen LogP contribution < -0.4 is 5.32 Å². The van der Waals surface area contributed by atoms with E-state index in [9.17, 15) is 9.59 Å². The van der Waals surface area contributed by atoms with Crippen molar-refractivity contribution < 1.29 is 14.3 Å². The van der Waals surface area contributed by atoms with E-state index in [1.165, 1.54) is 5.56 Å². The SMILES string of the molecule is CCOC(=O)C1CCN(Cc2ccc(C(=O)Nc3ccccc3)cc2)CC1. The summed E-state index contributed by atoms with van der Waals surface area (Å²) in [5.41, 5.74) is 2.60. The van der Waals surface area contributed by atoms with Crippen LogP contribution in [0.2, 0.25) is 0 Å². The Morgan fingerprint density at radius 1 is 1.04 bits per heavy atom. The van der Waals surface area contributed by atoms with E-state index in [1.807, 2.05) is 61.5 Å². The van der Waals surface area contributed by atoms with Crippen molar-refractivity contribution in [1.82, 2.24) is 4.90 Å². The maximum atomic E-state index is 12.3. The Bertz CT molecular complexity index is 751. The van der Waals surface area contributed by atoms with E-state index < -0.39 is 0 Å². The second-order valence-corrected chi connectivity index (χ2v) is 6.82. The predicted octanol–water partition coefficient (Wildman–Crippen LogP) is 3.71.